The summed E-state index contributed by atoms with van der Waals surface area (Å²) in [4.78, 5) is 31.2. The van der Waals surface area contributed by atoms with Crippen LogP contribution in [0.2, 0.25) is 0 Å². The van der Waals surface area contributed by atoms with Crippen LogP contribution in [0.3, 0.4) is 0 Å². The second kappa shape index (κ2) is 12.5. The molecule has 1 atom stereocenters. The van der Waals surface area contributed by atoms with Crippen molar-refractivity contribution in [2.24, 2.45) is 0 Å². The average Bonchev–Trinajstić information content (AvgIpc) is 3.51. The molecule has 0 saturated carbocycles. The van der Waals surface area contributed by atoms with Crippen molar-refractivity contribution in [3.63, 3.8) is 0 Å². The molecule has 0 bridgehead atoms. The molecule has 1 aliphatic rings. The number of hydrogen-bond donors (Lipinski definition) is 1. The summed E-state index contributed by atoms with van der Waals surface area (Å²) in [6, 6.07) is 15.1. The van der Waals surface area contributed by atoms with Gasteiger partial charge in [-0.3, -0.25) is 4.79 Å². The molecule has 1 fully saturated rings. The van der Waals surface area contributed by atoms with Crippen LogP contribution < -0.4 is 5.32 Å². The van der Waals surface area contributed by atoms with E-state index in [1.54, 1.807) is 34.4 Å². The molecule has 0 unspecified atom stereocenters. The molecule has 190 valence electrons. The number of carbonyl (C=O) groups is 2. The maximum absolute atomic E-state index is 13.6. The number of nitrogens with zero attached hydrogens (tertiary/aromatic N) is 2. The number of nitrogens with one attached hydrogen (secondary N) is 1. The van der Waals surface area contributed by atoms with Gasteiger partial charge in [0.05, 0.1) is 12.6 Å². The first kappa shape index (κ1) is 26.3. The highest BCUT2D eigenvalue weighted by Crippen LogP contribution is 2.21. The van der Waals surface area contributed by atoms with E-state index in [1.807, 2.05) is 36.6 Å². The zero-order chi connectivity index (χ0) is 25.5. The predicted molar refractivity (Wildman–Crippen MR) is 143 cm³/mol. The van der Waals surface area contributed by atoms with E-state index >= 15 is 0 Å². The zero-order valence-electron chi connectivity index (χ0n) is 20.1. The molecule has 2 heterocycles. The first-order valence-corrected chi connectivity index (χ1v) is 13.5. The Hall–Kier alpha value is -2.75. The highest BCUT2D eigenvalue weighted by atomic mass is 79.9. The number of benzene rings is 2. The van der Waals surface area contributed by atoms with Gasteiger partial charge in [-0.15, -0.1) is 11.3 Å². The minimum Gasteiger partial charge on any atom is -0.376 e. The van der Waals surface area contributed by atoms with E-state index in [0.29, 0.717) is 31.9 Å². The molecule has 9 heteroatoms. The third-order valence-electron chi connectivity index (χ3n) is 6.08. The van der Waals surface area contributed by atoms with Crippen molar-refractivity contribution in [3.05, 3.63) is 86.3 Å². The maximum Gasteiger partial charge on any atom is 0.322 e. The van der Waals surface area contributed by atoms with Crippen molar-refractivity contribution in [3.8, 4) is 0 Å². The van der Waals surface area contributed by atoms with Crippen LogP contribution in [-0.4, -0.2) is 47.5 Å². The Morgan fingerprint density at radius 1 is 1.14 bits per heavy atom. The normalized spacial score (nSPS) is 15.0. The number of ether oxygens (including phenoxy) is 1. The van der Waals surface area contributed by atoms with Gasteiger partial charge in [0.2, 0.25) is 5.91 Å². The average molecular weight is 575 g/mol. The summed E-state index contributed by atoms with van der Waals surface area (Å²) in [5.74, 6) is -0.507. The molecule has 1 N–H and O–H groups in total. The Morgan fingerprint density at radius 3 is 2.61 bits per heavy atom. The number of amides is 3. The summed E-state index contributed by atoms with van der Waals surface area (Å²) in [6.45, 7) is 3.65. The van der Waals surface area contributed by atoms with E-state index in [4.69, 9.17) is 4.74 Å². The van der Waals surface area contributed by atoms with Crippen LogP contribution >= 0.6 is 27.3 Å². The van der Waals surface area contributed by atoms with Gasteiger partial charge < -0.3 is 19.9 Å². The fourth-order valence-electron chi connectivity index (χ4n) is 4.07. The number of anilines is 1. The van der Waals surface area contributed by atoms with Crippen molar-refractivity contribution >= 4 is 44.9 Å². The molecule has 1 saturated heterocycles. The number of rotatable bonds is 9. The van der Waals surface area contributed by atoms with Gasteiger partial charge in [0.25, 0.3) is 0 Å². The first-order chi connectivity index (χ1) is 17.4. The summed E-state index contributed by atoms with van der Waals surface area (Å²) < 4.78 is 20.1. The molecular formula is C27H29BrFN3O3S. The Labute approximate surface area is 223 Å². The van der Waals surface area contributed by atoms with Gasteiger partial charge in [-0.1, -0.05) is 34.1 Å². The molecule has 36 heavy (non-hydrogen) atoms. The number of urea groups is 1. The number of hydrogen-bond acceptors (Lipinski definition) is 4. The van der Waals surface area contributed by atoms with Gasteiger partial charge in [-0.25, -0.2) is 9.18 Å². The minimum absolute atomic E-state index is 0.0920. The van der Waals surface area contributed by atoms with Gasteiger partial charge in [0.1, 0.15) is 12.4 Å². The number of halogens is 2. The van der Waals surface area contributed by atoms with E-state index in [2.05, 4.69) is 21.2 Å². The van der Waals surface area contributed by atoms with Crippen LogP contribution in [0.5, 0.6) is 0 Å². The minimum atomic E-state index is -0.356. The van der Waals surface area contributed by atoms with E-state index in [-0.39, 0.29) is 30.4 Å². The van der Waals surface area contributed by atoms with E-state index in [0.717, 1.165) is 33.3 Å². The first-order valence-electron chi connectivity index (χ1n) is 11.9. The lowest BCUT2D eigenvalue weighted by molar-refractivity contribution is -0.133. The SMILES string of the molecule is Cc1ccsc1CN(Cc1ccc(F)cc1)C(=O)CN(C[C@H]1CCCO1)C(=O)Nc1cccc(Br)c1. The zero-order valence-corrected chi connectivity index (χ0v) is 22.5. The molecule has 3 aromatic rings. The highest BCUT2D eigenvalue weighted by molar-refractivity contribution is 9.10. The van der Waals surface area contributed by atoms with Crippen LogP contribution in [-0.2, 0) is 22.6 Å². The Bertz CT molecular complexity index is 1180. The van der Waals surface area contributed by atoms with Crippen LogP contribution in [0.15, 0.2) is 64.5 Å². The van der Waals surface area contributed by atoms with Gasteiger partial charge in [0.15, 0.2) is 0 Å². The summed E-state index contributed by atoms with van der Waals surface area (Å²) in [6.07, 6.45) is 1.69. The lowest BCUT2D eigenvalue weighted by atomic mass is 10.2. The van der Waals surface area contributed by atoms with Crippen molar-refractivity contribution in [1.82, 2.24) is 9.80 Å². The van der Waals surface area contributed by atoms with Crippen molar-refractivity contribution in [2.75, 3.05) is 25.0 Å². The van der Waals surface area contributed by atoms with Gasteiger partial charge in [-0.2, -0.15) is 0 Å². The third-order valence-corrected chi connectivity index (χ3v) is 7.58. The van der Waals surface area contributed by atoms with Gasteiger partial charge in [-0.05, 0) is 72.7 Å². The van der Waals surface area contributed by atoms with Crippen LogP contribution in [0.4, 0.5) is 14.9 Å². The number of aryl methyl sites for hydroxylation is 1. The molecule has 0 aliphatic carbocycles. The lowest BCUT2D eigenvalue weighted by Crippen LogP contribution is -2.46. The summed E-state index contributed by atoms with van der Waals surface area (Å²) in [7, 11) is 0. The molecule has 4 rings (SSSR count). The maximum atomic E-state index is 13.6. The lowest BCUT2D eigenvalue weighted by Gasteiger charge is -2.29. The number of thiophene rings is 1. The predicted octanol–water partition coefficient (Wildman–Crippen LogP) is 6.20. The van der Waals surface area contributed by atoms with Crippen LogP contribution in [0.1, 0.15) is 28.8 Å². The second-order valence-electron chi connectivity index (χ2n) is 8.86. The summed E-state index contributed by atoms with van der Waals surface area (Å²) in [5.41, 5.74) is 2.57. The van der Waals surface area contributed by atoms with Gasteiger partial charge >= 0.3 is 6.03 Å². The molecule has 0 radical (unpaired) electrons. The largest absolute Gasteiger partial charge is 0.376 e. The topological polar surface area (TPSA) is 61.9 Å². The molecule has 2 aromatic carbocycles. The van der Waals surface area contributed by atoms with Crippen LogP contribution in [0, 0.1) is 12.7 Å². The van der Waals surface area contributed by atoms with E-state index in [9.17, 15) is 14.0 Å². The van der Waals surface area contributed by atoms with Crippen molar-refractivity contribution in [2.45, 2.75) is 39.0 Å². The fourth-order valence-corrected chi connectivity index (χ4v) is 5.39. The standard InChI is InChI=1S/C27H29BrFN3O3S/c1-19-11-13-36-25(19)17-31(15-20-7-9-22(29)10-8-20)26(33)18-32(16-24-6-3-12-35-24)27(34)30-23-5-2-4-21(28)14-23/h2,4-5,7-11,13-14,24H,3,6,12,15-18H2,1H3,(H,30,34)/t24-/m1/s1. The van der Waals surface area contributed by atoms with Crippen molar-refractivity contribution in [1.29, 1.82) is 0 Å². The van der Waals surface area contributed by atoms with E-state index in [1.165, 1.54) is 17.0 Å². The monoisotopic (exact) mass is 573 g/mol. The van der Waals surface area contributed by atoms with Crippen LogP contribution in [0.25, 0.3) is 0 Å². The second-order valence-corrected chi connectivity index (χ2v) is 10.8. The number of carbonyl (C=O) groups excluding carboxylic acids is 2. The molecular weight excluding hydrogens is 545 g/mol. The molecule has 1 aliphatic heterocycles. The Balaban J connectivity index is 1.52. The van der Waals surface area contributed by atoms with Gasteiger partial charge in [0, 0.05) is 34.7 Å². The molecule has 6 nitrogen and oxygen atoms in total. The smallest absolute Gasteiger partial charge is 0.322 e. The van der Waals surface area contributed by atoms with Crippen molar-refractivity contribution < 1.29 is 18.7 Å². The van der Waals surface area contributed by atoms with E-state index < -0.39 is 0 Å². The third kappa shape index (κ3) is 7.38. The molecule has 1 aromatic heterocycles. The molecule has 0 spiro atoms. The quantitative estimate of drug-likeness (QED) is 0.331. The molecule has 3 amide bonds. The fraction of sp³-hybridized carbons (Fsp3) is 0.333. The Kier molecular flexibility index (Phi) is 9.12. The highest BCUT2D eigenvalue weighted by Gasteiger charge is 2.27. The Morgan fingerprint density at radius 2 is 1.94 bits per heavy atom. The summed E-state index contributed by atoms with van der Waals surface area (Å²) in [5, 5.41) is 4.90. The summed E-state index contributed by atoms with van der Waals surface area (Å²) >= 11 is 5.01.